The van der Waals surface area contributed by atoms with E-state index in [-0.39, 0.29) is 56.9 Å². The summed E-state index contributed by atoms with van der Waals surface area (Å²) < 4.78 is 62.7. The highest BCUT2D eigenvalue weighted by Gasteiger charge is 2.55. The number of imidazole rings is 1. The van der Waals surface area contributed by atoms with Crippen LogP contribution in [-0.2, 0) is 15.2 Å². The fraction of sp³-hybridized carbons (Fsp3) is 0.440. The van der Waals surface area contributed by atoms with Crippen molar-refractivity contribution in [2.24, 2.45) is 0 Å². The van der Waals surface area contributed by atoms with Crippen LogP contribution in [0.15, 0.2) is 36.5 Å². The number of amides is 2. The number of nitrogens with one attached hydrogen (secondary N) is 1. The normalized spacial score (nSPS) is 23.3. The van der Waals surface area contributed by atoms with Crippen LogP contribution in [0.4, 0.5) is 17.6 Å². The zero-order valence-corrected chi connectivity index (χ0v) is 20.4. The van der Waals surface area contributed by atoms with Gasteiger partial charge in [-0.1, -0.05) is 0 Å². The minimum Gasteiger partial charge on any atom is -0.381 e. The average molecular weight is 535 g/mol. The van der Waals surface area contributed by atoms with Crippen molar-refractivity contribution in [1.29, 1.82) is 5.41 Å². The molecule has 0 bridgehead atoms. The lowest BCUT2D eigenvalue weighted by Crippen LogP contribution is -2.64. The van der Waals surface area contributed by atoms with E-state index in [1.165, 1.54) is 21.9 Å². The molecule has 3 aliphatic rings. The van der Waals surface area contributed by atoms with Gasteiger partial charge < -0.3 is 25.1 Å². The quantitative estimate of drug-likeness (QED) is 0.462. The van der Waals surface area contributed by atoms with Gasteiger partial charge in [0.15, 0.2) is 0 Å². The molecule has 0 saturated carbocycles. The maximum atomic E-state index is 14.3. The Labute approximate surface area is 214 Å². The van der Waals surface area contributed by atoms with Crippen LogP contribution in [0, 0.1) is 11.2 Å². The van der Waals surface area contributed by atoms with Crippen LogP contribution in [0.5, 0.6) is 0 Å². The van der Waals surface area contributed by atoms with Crippen LogP contribution in [0.1, 0.15) is 41.6 Å². The molecule has 2 amide bonds. The summed E-state index contributed by atoms with van der Waals surface area (Å²) in [5.74, 6) is -2.27. The maximum absolute atomic E-state index is 14.3. The average Bonchev–Trinajstić information content (AvgIpc) is 3.40. The van der Waals surface area contributed by atoms with Crippen molar-refractivity contribution in [1.82, 2.24) is 19.4 Å². The minimum absolute atomic E-state index is 0.0469. The van der Waals surface area contributed by atoms with Gasteiger partial charge in [0.1, 0.15) is 34.2 Å². The predicted octanol–water partition coefficient (Wildman–Crippen LogP) is 2.55. The van der Waals surface area contributed by atoms with Crippen molar-refractivity contribution in [3.05, 3.63) is 59.4 Å². The number of benzene rings is 1. The van der Waals surface area contributed by atoms with Crippen LogP contribution < -0.4 is 0 Å². The highest BCUT2D eigenvalue weighted by molar-refractivity contribution is 6.10. The molecular formula is C25H25F4N5O4. The zero-order chi connectivity index (χ0) is 27.5. The molecule has 202 valence electrons. The van der Waals surface area contributed by atoms with Gasteiger partial charge in [0.25, 0.3) is 11.8 Å². The number of allylic oxidation sites excluding steroid dienone is 2. The van der Waals surface area contributed by atoms with E-state index < -0.39 is 52.2 Å². The van der Waals surface area contributed by atoms with E-state index in [0.717, 1.165) is 22.9 Å². The molecule has 0 aliphatic carbocycles. The molecule has 2 fully saturated rings. The first-order valence-corrected chi connectivity index (χ1v) is 12.0. The lowest BCUT2D eigenvalue weighted by Gasteiger charge is -2.47. The largest absolute Gasteiger partial charge is 0.420 e. The lowest BCUT2D eigenvalue weighted by molar-refractivity contribution is -0.166. The molecule has 3 aliphatic heterocycles. The number of aromatic nitrogens is 2. The van der Waals surface area contributed by atoms with Gasteiger partial charge in [-0.2, -0.15) is 13.2 Å². The smallest absolute Gasteiger partial charge is 0.381 e. The summed E-state index contributed by atoms with van der Waals surface area (Å²) in [6.45, 7) is 1.93. The Balaban J connectivity index is 1.54. The molecule has 2 aromatic rings. The first-order chi connectivity index (χ1) is 17.8. The van der Waals surface area contributed by atoms with Crippen molar-refractivity contribution in [2.75, 3.05) is 32.8 Å². The van der Waals surface area contributed by atoms with Gasteiger partial charge >= 0.3 is 6.18 Å². The Hall–Kier alpha value is -3.58. The van der Waals surface area contributed by atoms with Crippen LogP contribution in [-0.4, -0.2) is 86.6 Å². The molecule has 0 radical (unpaired) electrons. The molecule has 9 nitrogen and oxygen atoms in total. The van der Waals surface area contributed by atoms with Gasteiger partial charge in [-0.15, -0.1) is 0 Å². The molecule has 2 N–H and O–H groups in total. The van der Waals surface area contributed by atoms with Crippen molar-refractivity contribution in [2.45, 2.75) is 37.2 Å². The summed E-state index contributed by atoms with van der Waals surface area (Å²) >= 11 is 0. The van der Waals surface area contributed by atoms with Crippen LogP contribution in [0.2, 0.25) is 0 Å². The molecule has 13 heteroatoms. The van der Waals surface area contributed by atoms with Gasteiger partial charge in [-0.05, 0) is 42.8 Å². The molecule has 0 spiro atoms. The minimum atomic E-state index is -4.96. The zero-order valence-electron chi connectivity index (χ0n) is 20.4. The van der Waals surface area contributed by atoms with Crippen LogP contribution in [0.25, 0.3) is 5.57 Å². The molecule has 1 atom stereocenters. The molecular weight excluding hydrogens is 510 g/mol. The number of fused-ring (bicyclic) bond motifs is 3. The predicted molar refractivity (Wildman–Crippen MR) is 126 cm³/mol. The summed E-state index contributed by atoms with van der Waals surface area (Å²) in [6, 6.07) is 4.46. The Morgan fingerprint density at radius 2 is 1.84 bits per heavy atom. The lowest BCUT2D eigenvalue weighted by atomic mass is 9.91. The Kier molecular flexibility index (Phi) is 6.18. The third kappa shape index (κ3) is 4.19. The first-order valence-electron chi connectivity index (χ1n) is 12.0. The number of alkyl halides is 3. The molecule has 4 heterocycles. The summed E-state index contributed by atoms with van der Waals surface area (Å²) in [6.07, 6.45) is -3.12. The molecule has 38 heavy (non-hydrogen) atoms. The topological polar surface area (TPSA) is 112 Å². The fourth-order valence-electron chi connectivity index (χ4n) is 5.34. The van der Waals surface area contributed by atoms with Gasteiger partial charge in [0.2, 0.25) is 0 Å². The Bertz CT molecular complexity index is 1330. The van der Waals surface area contributed by atoms with E-state index in [4.69, 9.17) is 10.1 Å². The first kappa shape index (κ1) is 26.0. The number of rotatable bonds is 4. The number of carbonyl (C=O) groups is 2. The summed E-state index contributed by atoms with van der Waals surface area (Å²) in [7, 11) is 0. The van der Waals surface area contributed by atoms with E-state index in [1.807, 2.05) is 0 Å². The van der Waals surface area contributed by atoms with Gasteiger partial charge in [-0.25, -0.2) is 9.37 Å². The maximum Gasteiger partial charge on any atom is 0.420 e. The van der Waals surface area contributed by atoms with Crippen molar-refractivity contribution < 1.29 is 37.0 Å². The van der Waals surface area contributed by atoms with Crippen molar-refractivity contribution in [3.63, 3.8) is 0 Å². The summed E-state index contributed by atoms with van der Waals surface area (Å²) in [5.41, 5.74) is -4.88. The third-order valence-electron chi connectivity index (χ3n) is 7.37. The highest BCUT2D eigenvalue weighted by Crippen LogP contribution is 2.42. The Morgan fingerprint density at radius 1 is 1.18 bits per heavy atom. The Morgan fingerprint density at radius 3 is 2.47 bits per heavy atom. The number of ether oxygens (including phenoxy) is 1. The monoisotopic (exact) mass is 535 g/mol. The number of hydrogen-bond donors (Lipinski definition) is 2. The molecule has 1 aromatic heterocycles. The molecule has 1 aromatic carbocycles. The van der Waals surface area contributed by atoms with Gasteiger partial charge in [0, 0.05) is 39.1 Å². The standard InChI is InChI=1S/C25H25F4N5O4/c1-23-14-32(22(36)24(37)6-10-38-11-7-24)8-9-33(23)21(35)19-13-31-20(34(19)23)17(25(27,28)29)12-18(30)15-2-4-16(26)5-3-15/h2-5,12-13,30,37H,6-11,14H2,1H3. The number of aliphatic hydroxyl groups is 1. The molecule has 1 unspecified atom stereocenters. The number of piperazine rings is 1. The highest BCUT2D eigenvalue weighted by atomic mass is 19.4. The molecule has 2 saturated heterocycles. The second kappa shape index (κ2) is 9.02. The van der Waals surface area contributed by atoms with Gasteiger partial charge in [-0.3, -0.25) is 14.2 Å². The van der Waals surface area contributed by atoms with Crippen molar-refractivity contribution in [3.8, 4) is 0 Å². The van der Waals surface area contributed by atoms with E-state index in [9.17, 15) is 32.3 Å². The van der Waals surface area contributed by atoms with E-state index in [2.05, 4.69) is 4.98 Å². The molecule has 5 rings (SSSR count). The number of hydrogen-bond acceptors (Lipinski definition) is 6. The summed E-state index contributed by atoms with van der Waals surface area (Å²) in [5, 5.41) is 19.1. The van der Waals surface area contributed by atoms with E-state index >= 15 is 0 Å². The number of nitrogens with zero attached hydrogens (tertiary/aromatic N) is 4. The van der Waals surface area contributed by atoms with E-state index in [0.29, 0.717) is 6.08 Å². The summed E-state index contributed by atoms with van der Waals surface area (Å²) in [4.78, 5) is 33.1. The number of halogens is 4. The second-order valence-corrected chi connectivity index (χ2v) is 9.82. The second-order valence-electron chi connectivity index (χ2n) is 9.82. The van der Waals surface area contributed by atoms with Gasteiger partial charge in [0.05, 0.1) is 18.5 Å². The SMILES string of the molecule is CC12CN(C(=O)C3(O)CCOCC3)CCN1C(=O)c1cnc(C(=CC(=N)c3ccc(F)cc3)C(F)(F)F)n12. The van der Waals surface area contributed by atoms with Crippen LogP contribution >= 0.6 is 0 Å². The third-order valence-corrected chi connectivity index (χ3v) is 7.37. The number of carbonyl (C=O) groups excluding carboxylic acids is 2. The van der Waals surface area contributed by atoms with Crippen molar-refractivity contribution >= 4 is 23.1 Å². The van der Waals surface area contributed by atoms with Crippen LogP contribution in [0.3, 0.4) is 0 Å². The fourth-order valence-corrected chi connectivity index (χ4v) is 5.34. The van der Waals surface area contributed by atoms with E-state index in [1.54, 1.807) is 6.92 Å².